The summed E-state index contributed by atoms with van der Waals surface area (Å²) in [5.41, 5.74) is 7.15. The Morgan fingerprint density at radius 1 is 1.03 bits per heavy atom. The largest absolute Gasteiger partial charge is 0.368 e. The van der Waals surface area contributed by atoms with E-state index in [1.54, 1.807) is 12.4 Å². The van der Waals surface area contributed by atoms with E-state index in [9.17, 15) is 4.79 Å². The Bertz CT molecular complexity index is 1580. The van der Waals surface area contributed by atoms with Gasteiger partial charge in [0.05, 0.1) is 41.0 Å². The highest BCUT2D eigenvalue weighted by atomic mass is 16.1. The van der Waals surface area contributed by atoms with Gasteiger partial charge in [0.2, 0.25) is 5.91 Å². The molecule has 0 aliphatic carbocycles. The number of aromatic amines is 2. The van der Waals surface area contributed by atoms with E-state index in [-0.39, 0.29) is 11.8 Å². The van der Waals surface area contributed by atoms with Crippen molar-refractivity contribution < 1.29 is 4.79 Å². The van der Waals surface area contributed by atoms with E-state index in [1.165, 1.54) is 19.3 Å². The van der Waals surface area contributed by atoms with Crippen molar-refractivity contribution in [1.82, 2.24) is 30.1 Å². The Balaban J connectivity index is 1.36. The van der Waals surface area contributed by atoms with Crippen LogP contribution in [0.5, 0.6) is 0 Å². The fourth-order valence-electron chi connectivity index (χ4n) is 4.89. The van der Waals surface area contributed by atoms with Crippen LogP contribution in [-0.4, -0.2) is 49.1 Å². The molecule has 1 saturated heterocycles. The summed E-state index contributed by atoms with van der Waals surface area (Å²) in [6.07, 6.45) is 11.7. The fraction of sp³-hybridized carbons (Fsp3) is 0.321. The van der Waals surface area contributed by atoms with Gasteiger partial charge < -0.3 is 15.2 Å². The summed E-state index contributed by atoms with van der Waals surface area (Å²) in [6, 6.07) is 8.07. The summed E-state index contributed by atoms with van der Waals surface area (Å²) in [5, 5.41) is 11.7. The Labute approximate surface area is 214 Å². The van der Waals surface area contributed by atoms with Crippen LogP contribution < -0.4 is 10.2 Å². The van der Waals surface area contributed by atoms with Gasteiger partial charge in [-0.25, -0.2) is 4.98 Å². The Hall–Kier alpha value is -4.27. The van der Waals surface area contributed by atoms with E-state index in [0.717, 1.165) is 64.0 Å². The van der Waals surface area contributed by atoms with Gasteiger partial charge in [0.1, 0.15) is 11.2 Å². The highest BCUT2D eigenvalue weighted by molar-refractivity contribution is 5.98. The zero-order valence-electron chi connectivity index (χ0n) is 21.1. The quantitative estimate of drug-likeness (QED) is 0.286. The lowest BCUT2D eigenvalue weighted by atomic mass is 10.0. The molecule has 0 radical (unpaired) electrons. The highest BCUT2D eigenvalue weighted by Crippen LogP contribution is 2.33. The number of piperidine rings is 1. The summed E-state index contributed by atoms with van der Waals surface area (Å²) >= 11 is 0. The predicted octanol–water partition coefficient (Wildman–Crippen LogP) is 5.54. The molecule has 4 aromatic heterocycles. The van der Waals surface area contributed by atoms with E-state index >= 15 is 0 Å². The zero-order chi connectivity index (χ0) is 25.4. The number of amides is 1. The van der Waals surface area contributed by atoms with Gasteiger partial charge in [-0.15, -0.1) is 0 Å². The van der Waals surface area contributed by atoms with E-state index in [4.69, 9.17) is 4.98 Å². The number of carbonyl (C=O) groups excluding carboxylic acids is 1. The number of benzene rings is 1. The van der Waals surface area contributed by atoms with Crippen LogP contribution in [0, 0.1) is 5.92 Å². The third-order valence-corrected chi connectivity index (χ3v) is 7.26. The molecule has 9 heteroatoms. The molecule has 1 amide bonds. The number of nitrogens with zero attached hydrogens (tertiary/aromatic N) is 5. The van der Waals surface area contributed by atoms with Crippen molar-refractivity contribution in [3.05, 3.63) is 49.1 Å². The van der Waals surface area contributed by atoms with Crippen molar-refractivity contribution in [2.24, 2.45) is 5.92 Å². The molecule has 0 spiro atoms. The van der Waals surface area contributed by atoms with Crippen LogP contribution >= 0.6 is 0 Å². The number of rotatable bonds is 6. The molecule has 6 rings (SSSR count). The molecule has 0 bridgehead atoms. The first-order chi connectivity index (χ1) is 18.1. The minimum Gasteiger partial charge on any atom is -0.368 e. The average molecular weight is 495 g/mol. The normalized spacial score (nSPS) is 14.8. The van der Waals surface area contributed by atoms with Gasteiger partial charge in [0.25, 0.3) is 0 Å². The fourth-order valence-corrected chi connectivity index (χ4v) is 4.89. The van der Waals surface area contributed by atoms with Gasteiger partial charge in [-0.1, -0.05) is 19.9 Å². The second kappa shape index (κ2) is 9.65. The van der Waals surface area contributed by atoms with E-state index in [0.29, 0.717) is 11.5 Å². The molecule has 1 fully saturated rings. The second-order valence-electron chi connectivity index (χ2n) is 9.78. The molecule has 5 heterocycles. The van der Waals surface area contributed by atoms with Crippen molar-refractivity contribution in [3.8, 4) is 22.6 Å². The summed E-state index contributed by atoms with van der Waals surface area (Å²) in [6.45, 7) is 5.99. The molecular weight excluding hydrogens is 464 g/mol. The maximum absolute atomic E-state index is 12.4. The molecule has 3 N–H and O–H groups in total. The Kier molecular flexibility index (Phi) is 6.04. The van der Waals surface area contributed by atoms with Crippen molar-refractivity contribution in [1.29, 1.82) is 0 Å². The predicted molar refractivity (Wildman–Crippen MR) is 146 cm³/mol. The topological polar surface area (TPSA) is 115 Å². The van der Waals surface area contributed by atoms with Crippen LogP contribution in [-0.2, 0) is 4.79 Å². The van der Waals surface area contributed by atoms with Crippen LogP contribution in [0.25, 0.3) is 44.6 Å². The van der Waals surface area contributed by atoms with Crippen molar-refractivity contribution >= 4 is 39.2 Å². The van der Waals surface area contributed by atoms with Gasteiger partial charge in [-0.2, -0.15) is 5.10 Å². The van der Waals surface area contributed by atoms with Crippen LogP contribution in [0.15, 0.2) is 49.1 Å². The molecule has 1 atom stereocenters. The number of hydrogen-bond acceptors (Lipinski definition) is 6. The lowest BCUT2D eigenvalue weighted by molar-refractivity contribution is -0.119. The first-order valence-corrected chi connectivity index (χ1v) is 12.9. The number of aromatic nitrogens is 6. The van der Waals surface area contributed by atoms with Crippen LogP contribution in [0.2, 0.25) is 0 Å². The van der Waals surface area contributed by atoms with Crippen LogP contribution in [0.3, 0.4) is 0 Å². The summed E-state index contributed by atoms with van der Waals surface area (Å²) < 4.78 is 0. The first kappa shape index (κ1) is 23.1. The third-order valence-electron chi connectivity index (χ3n) is 7.26. The highest BCUT2D eigenvalue weighted by Gasteiger charge is 2.19. The molecule has 5 aromatic rings. The maximum Gasteiger partial charge on any atom is 0.227 e. The summed E-state index contributed by atoms with van der Waals surface area (Å²) in [7, 11) is 0. The second-order valence-corrected chi connectivity index (χ2v) is 9.78. The van der Waals surface area contributed by atoms with Crippen LogP contribution in [0.1, 0.15) is 39.5 Å². The maximum atomic E-state index is 12.4. The van der Waals surface area contributed by atoms with Crippen molar-refractivity contribution in [2.45, 2.75) is 39.5 Å². The van der Waals surface area contributed by atoms with Gasteiger partial charge in [0, 0.05) is 36.2 Å². The molecule has 37 heavy (non-hydrogen) atoms. The number of nitrogens with one attached hydrogen (secondary N) is 3. The molecule has 1 aliphatic heterocycles. The van der Waals surface area contributed by atoms with Crippen LogP contribution in [0.4, 0.5) is 11.4 Å². The molecule has 188 valence electrons. The Morgan fingerprint density at radius 3 is 2.70 bits per heavy atom. The monoisotopic (exact) mass is 494 g/mol. The number of H-pyrrole nitrogens is 2. The third kappa shape index (κ3) is 4.41. The molecule has 1 aromatic carbocycles. The smallest absolute Gasteiger partial charge is 0.227 e. The minimum absolute atomic E-state index is 0.00248. The number of carbonyl (C=O) groups is 1. The van der Waals surface area contributed by atoms with E-state index < -0.39 is 0 Å². The Morgan fingerprint density at radius 2 is 1.86 bits per heavy atom. The summed E-state index contributed by atoms with van der Waals surface area (Å²) in [5.74, 6) is 0.651. The van der Waals surface area contributed by atoms with E-state index in [2.05, 4.69) is 41.4 Å². The number of fused-ring (bicyclic) bond motifs is 2. The first-order valence-electron chi connectivity index (χ1n) is 12.9. The summed E-state index contributed by atoms with van der Waals surface area (Å²) in [4.78, 5) is 32.0. The molecular formula is C28H30N8O. The van der Waals surface area contributed by atoms with Gasteiger partial charge in [-0.3, -0.25) is 19.9 Å². The van der Waals surface area contributed by atoms with Gasteiger partial charge in [-0.05, 0) is 49.4 Å². The number of imidazole rings is 1. The number of anilines is 2. The minimum atomic E-state index is -0.0528. The lowest BCUT2D eigenvalue weighted by Gasteiger charge is -2.28. The zero-order valence-corrected chi connectivity index (χ0v) is 21.1. The molecule has 1 aliphatic rings. The SMILES string of the molecule is CCC(C)C(=O)Nc1cncc(-c2ccc3[nH]nc(-c4nc5c(N6CCCCC6)cncc5[nH]4)c3c2)c1. The van der Waals surface area contributed by atoms with Gasteiger partial charge >= 0.3 is 0 Å². The standard InChI is InChI=1S/C28H30N8O/c1-3-17(2)28(37)31-20-11-19(13-29-14-20)18-7-8-22-21(12-18)25(35-34-22)27-32-23-15-30-16-24(26(23)33-27)36-9-5-4-6-10-36/h7-8,11-17H,3-6,9-10H2,1-2H3,(H,31,37)(H,32,33)(H,34,35). The van der Waals surface area contributed by atoms with Crippen molar-refractivity contribution in [3.63, 3.8) is 0 Å². The lowest BCUT2D eigenvalue weighted by Crippen LogP contribution is -2.29. The average Bonchev–Trinajstić information content (AvgIpc) is 3.56. The van der Waals surface area contributed by atoms with Crippen molar-refractivity contribution in [2.75, 3.05) is 23.3 Å². The molecule has 1 unspecified atom stereocenters. The van der Waals surface area contributed by atoms with E-state index in [1.807, 2.05) is 44.4 Å². The molecule has 0 saturated carbocycles. The number of pyridine rings is 2. The van der Waals surface area contributed by atoms with Gasteiger partial charge in [0.15, 0.2) is 5.82 Å². The number of hydrogen-bond donors (Lipinski definition) is 3. The molecule has 9 nitrogen and oxygen atoms in total.